The molecule has 1 aliphatic heterocycles. The van der Waals surface area contributed by atoms with E-state index in [1.54, 1.807) is 0 Å². The van der Waals surface area contributed by atoms with Gasteiger partial charge in [-0.3, -0.25) is 4.79 Å². The summed E-state index contributed by atoms with van der Waals surface area (Å²) >= 11 is 0. The van der Waals surface area contributed by atoms with Gasteiger partial charge in [0, 0.05) is 36.7 Å². The summed E-state index contributed by atoms with van der Waals surface area (Å²) in [6, 6.07) is 8.48. The minimum Gasteiger partial charge on any atom is -0.378 e. The van der Waals surface area contributed by atoms with Crippen LogP contribution in [-0.4, -0.2) is 48.2 Å². The summed E-state index contributed by atoms with van der Waals surface area (Å²) < 4.78 is 5.41. The molecule has 1 aromatic carbocycles. The van der Waals surface area contributed by atoms with E-state index in [0.29, 0.717) is 23.4 Å². The largest absolute Gasteiger partial charge is 0.378 e. The highest BCUT2D eigenvalue weighted by molar-refractivity contribution is 5.97. The van der Waals surface area contributed by atoms with Crippen LogP contribution in [0.1, 0.15) is 42.5 Å². The van der Waals surface area contributed by atoms with Crippen molar-refractivity contribution in [1.82, 2.24) is 9.97 Å². The smallest absolute Gasteiger partial charge is 0.254 e. The quantitative estimate of drug-likeness (QED) is 0.689. The first-order valence-corrected chi connectivity index (χ1v) is 10.3. The molecule has 2 heterocycles. The molecule has 1 aromatic heterocycles. The Balaban J connectivity index is 1.47. The third-order valence-electron chi connectivity index (χ3n) is 5.50. The van der Waals surface area contributed by atoms with E-state index in [0.717, 1.165) is 44.8 Å². The number of ether oxygens (including phenoxy) is 1. The molecule has 2 aliphatic rings. The Bertz CT molecular complexity index is 830. The van der Waals surface area contributed by atoms with E-state index in [4.69, 9.17) is 10.5 Å². The number of morpholine rings is 1. The number of nitrogens with two attached hydrogens (primary N) is 1. The summed E-state index contributed by atoms with van der Waals surface area (Å²) in [6.07, 6.45) is 7.29. The number of aromatic nitrogens is 2. The van der Waals surface area contributed by atoms with Gasteiger partial charge in [0.1, 0.15) is 5.82 Å². The number of hydrogen-bond donors (Lipinski definition) is 3. The van der Waals surface area contributed by atoms with Crippen molar-refractivity contribution in [3.05, 3.63) is 36.0 Å². The van der Waals surface area contributed by atoms with Crippen molar-refractivity contribution in [2.24, 2.45) is 5.73 Å². The molecule has 2 fully saturated rings. The maximum Gasteiger partial charge on any atom is 0.254 e. The monoisotopic (exact) mass is 396 g/mol. The van der Waals surface area contributed by atoms with Crippen molar-refractivity contribution < 1.29 is 9.53 Å². The van der Waals surface area contributed by atoms with Crippen molar-refractivity contribution in [3.8, 4) is 0 Å². The molecule has 1 amide bonds. The highest BCUT2D eigenvalue weighted by Gasteiger charge is 2.18. The molecule has 4 rings (SSSR count). The van der Waals surface area contributed by atoms with E-state index in [1.165, 1.54) is 31.1 Å². The molecule has 1 saturated carbocycles. The number of carbonyl (C=O) groups is 1. The van der Waals surface area contributed by atoms with Gasteiger partial charge in [0.2, 0.25) is 5.95 Å². The molecule has 8 heteroatoms. The van der Waals surface area contributed by atoms with Crippen molar-refractivity contribution in [3.63, 3.8) is 0 Å². The van der Waals surface area contributed by atoms with E-state index < -0.39 is 5.91 Å². The number of carbonyl (C=O) groups excluding carboxylic acids is 1. The fourth-order valence-electron chi connectivity index (χ4n) is 3.88. The molecule has 1 aliphatic carbocycles. The summed E-state index contributed by atoms with van der Waals surface area (Å²) in [5.74, 6) is 0.420. The predicted molar refractivity (Wildman–Crippen MR) is 114 cm³/mol. The lowest BCUT2D eigenvalue weighted by Crippen LogP contribution is -2.36. The fraction of sp³-hybridized carbons (Fsp3) is 0.476. The molecule has 0 spiro atoms. The second-order valence-electron chi connectivity index (χ2n) is 7.57. The molecule has 0 unspecified atom stereocenters. The van der Waals surface area contributed by atoms with Gasteiger partial charge in [0.05, 0.1) is 18.8 Å². The lowest BCUT2D eigenvalue weighted by molar-refractivity contribution is 0.100. The summed E-state index contributed by atoms with van der Waals surface area (Å²) in [6.45, 7) is 3.33. The van der Waals surface area contributed by atoms with E-state index in [1.807, 2.05) is 12.1 Å². The van der Waals surface area contributed by atoms with Gasteiger partial charge < -0.3 is 26.0 Å². The van der Waals surface area contributed by atoms with Crippen LogP contribution in [0.25, 0.3) is 0 Å². The van der Waals surface area contributed by atoms with E-state index in [-0.39, 0.29) is 0 Å². The van der Waals surface area contributed by atoms with Gasteiger partial charge in [-0.15, -0.1) is 0 Å². The van der Waals surface area contributed by atoms with Crippen LogP contribution < -0.4 is 21.3 Å². The first-order chi connectivity index (χ1) is 14.2. The first-order valence-electron chi connectivity index (χ1n) is 10.3. The maximum absolute atomic E-state index is 11.8. The lowest BCUT2D eigenvalue weighted by atomic mass is 9.95. The molecule has 8 nitrogen and oxygen atoms in total. The van der Waals surface area contributed by atoms with Crippen molar-refractivity contribution >= 4 is 29.0 Å². The molecule has 1 saturated heterocycles. The third kappa shape index (κ3) is 4.95. The molecule has 154 valence electrons. The van der Waals surface area contributed by atoms with Crippen LogP contribution in [-0.2, 0) is 4.74 Å². The SMILES string of the molecule is NC(=O)c1cnc(Nc2ccc(N3CCOCC3)cc2)nc1NC1CCCCC1. The minimum atomic E-state index is -0.523. The fourth-order valence-corrected chi connectivity index (χ4v) is 3.88. The topological polar surface area (TPSA) is 105 Å². The van der Waals surface area contributed by atoms with Crippen LogP contribution in [0.5, 0.6) is 0 Å². The number of benzene rings is 1. The van der Waals surface area contributed by atoms with Gasteiger partial charge in [0.15, 0.2) is 0 Å². The normalized spacial score (nSPS) is 17.7. The number of nitrogens with zero attached hydrogens (tertiary/aromatic N) is 3. The van der Waals surface area contributed by atoms with Crippen LogP contribution in [0.4, 0.5) is 23.1 Å². The van der Waals surface area contributed by atoms with Crippen LogP contribution in [0.15, 0.2) is 30.5 Å². The summed E-state index contributed by atoms with van der Waals surface area (Å²) in [4.78, 5) is 22.9. The number of rotatable bonds is 6. The average Bonchev–Trinajstić information content (AvgIpc) is 2.76. The molecule has 0 atom stereocenters. The van der Waals surface area contributed by atoms with Gasteiger partial charge >= 0.3 is 0 Å². The Hall–Kier alpha value is -2.87. The summed E-state index contributed by atoms with van der Waals surface area (Å²) in [7, 11) is 0. The van der Waals surface area contributed by atoms with Crippen LogP contribution in [0.2, 0.25) is 0 Å². The molecule has 29 heavy (non-hydrogen) atoms. The minimum absolute atomic E-state index is 0.317. The zero-order valence-corrected chi connectivity index (χ0v) is 16.6. The van der Waals surface area contributed by atoms with Gasteiger partial charge in [-0.25, -0.2) is 4.98 Å². The highest BCUT2D eigenvalue weighted by Crippen LogP contribution is 2.25. The van der Waals surface area contributed by atoms with Gasteiger partial charge in [0.25, 0.3) is 5.91 Å². The first kappa shape index (κ1) is 19.4. The van der Waals surface area contributed by atoms with E-state index in [9.17, 15) is 4.79 Å². The van der Waals surface area contributed by atoms with Gasteiger partial charge in [-0.1, -0.05) is 19.3 Å². The highest BCUT2D eigenvalue weighted by atomic mass is 16.5. The van der Waals surface area contributed by atoms with E-state index in [2.05, 4.69) is 37.6 Å². The predicted octanol–water partition coefficient (Wildman–Crippen LogP) is 2.90. The molecule has 2 aromatic rings. The zero-order valence-electron chi connectivity index (χ0n) is 16.6. The zero-order chi connectivity index (χ0) is 20.1. The van der Waals surface area contributed by atoms with Crippen LogP contribution in [0, 0.1) is 0 Å². The Morgan fingerprint density at radius 2 is 1.83 bits per heavy atom. The second kappa shape index (κ2) is 9.09. The average molecular weight is 396 g/mol. The molecule has 4 N–H and O–H groups in total. The van der Waals surface area contributed by atoms with Crippen molar-refractivity contribution in [1.29, 1.82) is 0 Å². The molecule has 0 radical (unpaired) electrons. The molecular formula is C21H28N6O2. The van der Waals surface area contributed by atoms with Gasteiger partial charge in [-0.2, -0.15) is 4.98 Å². The van der Waals surface area contributed by atoms with Gasteiger partial charge in [-0.05, 0) is 37.1 Å². The van der Waals surface area contributed by atoms with E-state index >= 15 is 0 Å². The Kier molecular flexibility index (Phi) is 6.09. The van der Waals surface area contributed by atoms with Crippen LogP contribution >= 0.6 is 0 Å². The Morgan fingerprint density at radius 3 is 2.52 bits per heavy atom. The van der Waals surface area contributed by atoms with Crippen molar-refractivity contribution in [2.45, 2.75) is 38.1 Å². The number of primary amides is 1. The third-order valence-corrected chi connectivity index (χ3v) is 5.50. The molecule has 0 bridgehead atoms. The Labute approximate surface area is 170 Å². The molecular weight excluding hydrogens is 368 g/mol. The second-order valence-corrected chi connectivity index (χ2v) is 7.57. The number of anilines is 4. The summed E-state index contributed by atoms with van der Waals surface area (Å²) in [5, 5.41) is 6.62. The number of amides is 1. The number of hydrogen-bond acceptors (Lipinski definition) is 7. The van der Waals surface area contributed by atoms with Crippen LogP contribution in [0.3, 0.4) is 0 Å². The maximum atomic E-state index is 11.8. The summed E-state index contributed by atoms with van der Waals surface area (Å²) in [5.41, 5.74) is 7.90. The van der Waals surface area contributed by atoms with Crippen molar-refractivity contribution in [2.75, 3.05) is 41.8 Å². The standard InChI is InChI=1S/C21H28N6O2/c22-19(28)18-14-23-21(26-20(18)24-15-4-2-1-3-5-15)25-16-6-8-17(9-7-16)27-10-12-29-13-11-27/h6-9,14-15H,1-5,10-13H2,(H2,22,28)(H2,23,24,25,26). The lowest BCUT2D eigenvalue weighted by Gasteiger charge is -2.28. The Morgan fingerprint density at radius 1 is 1.10 bits per heavy atom. The number of nitrogens with one attached hydrogen (secondary N) is 2.